The Morgan fingerprint density at radius 3 is 2.97 bits per heavy atom. The van der Waals surface area contributed by atoms with Crippen LogP contribution >= 0.6 is 11.3 Å². The molecule has 30 heavy (non-hydrogen) atoms. The predicted octanol–water partition coefficient (Wildman–Crippen LogP) is 3.64. The summed E-state index contributed by atoms with van der Waals surface area (Å²) in [7, 11) is 0. The third-order valence-electron chi connectivity index (χ3n) is 4.77. The molecule has 4 heterocycles. The van der Waals surface area contributed by atoms with Crippen molar-refractivity contribution in [3.05, 3.63) is 64.7 Å². The molecule has 4 aromatic rings. The normalized spacial score (nSPS) is 12.6. The van der Waals surface area contributed by atoms with Crippen molar-refractivity contribution in [2.75, 3.05) is 16.8 Å². The number of hydrogen-bond donors (Lipinski definition) is 2. The third kappa shape index (κ3) is 3.46. The molecule has 0 amide bonds. The standard InChI is InChI=1S/C20H15FN8S/c21-14-8-23-19(24-9-14)27-20-26-17-15-10-25-28-18(15)29(5-4-16(17)30-20)11-13-3-1-2-12(6-13)7-22/h1-3,6,8-10H,4-5,11H2,(H,25,28)(H,23,24,26,27). The van der Waals surface area contributed by atoms with Gasteiger partial charge in [-0.15, -0.1) is 11.3 Å². The number of nitrogens with zero attached hydrogens (tertiary/aromatic N) is 6. The highest BCUT2D eigenvalue weighted by Crippen LogP contribution is 2.39. The van der Waals surface area contributed by atoms with Crippen molar-refractivity contribution in [2.45, 2.75) is 13.0 Å². The minimum Gasteiger partial charge on any atom is -0.352 e. The van der Waals surface area contributed by atoms with E-state index in [1.54, 1.807) is 12.3 Å². The number of aromatic amines is 1. The van der Waals surface area contributed by atoms with Crippen molar-refractivity contribution in [3.63, 3.8) is 0 Å². The molecule has 0 fully saturated rings. The number of fused-ring (bicyclic) bond motifs is 3. The molecule has 5 rings (SSSR count). The monoisotopic (exact) mass is 418 g/mol. The first-order chi connectivity index (χ1) is 14.7. The highest BCUT2D eigenvalue weighted by molar-refractivity contribution is 7.16. The number of aromatic nitrogens is 5. The molecule has 2 N–H and O–H groups in total. The first kappa shape index (κ1) is 18.2. The van der Waals surface area contributed by atoms with E-state index in [9.17, 15) is 4.39 Å². The highest BCUT2D eigenvalue weighted by Gasteiger charge is 2.25. The lowest BCUT2D eigenvalue weighted by Crippen LogP contribution is -2.25. The average molecular weight is 418 g/mol. The average Bonchev–Trinajstić information content (AvgIpc) is 3.37. The van der Waals surface area contributed by atoms with Gasteiger partial charge in [-0.1, -0.05) is 12.1 Å². The number of benzene rings is 1. The number of hydrogen-bond acceptors (Lipinski definition) is 8. The molecule has 0 radical (unpaired) electrons. The van der Waals surface area contributed by atoms with Crippen LogP contribution in [0.25, 0.3) is 11.3 Å². The lowest BCUT2D eigenvalue weighted by atomic mass is 10.1. The van der Waals surface area contributed by atoms with Crippen LogP contribution in [0.1, 0.15) is 16.0 Å². The van der Waals surface area contributed by atoms with Gasteiger partial charge >= 0.3 is 0 Å². The van der Waals surface area contributed by atoms with Gasteiger partial charge in [0.25, 0.3) is 0 Å². The highest BCUT2D eigenvalue weighted by atomic mass is 32.1. The van der Waals surface area contributed by atoms with E-state index in [1.165, 1.54) is 11.3 Å². The summed E-state index contributed by atoms with van der Waals surface area (Å²) in [5.41, 5.74) is 3.49. The molecule has 0 spiro atoms. The second-order valence-corrected chi connectivity index (χ2v) is 7.84. The summed E-state index contributed by atoms with van der Waals surface area (Å²) in [5.74, 6) is 0.705. The van der Waals surface area contributed by atoms with Gasteiger partial charge < -0.3 is 10.2 Å². The molecule has 0 unspecified atom stereocenters. The Hall–Kier alpha value is -3.84. The minimum atomic E-state index is -0.487. The van der Waals surface area contributed by atoms with Crippen LogP contribution in [0.2, 0.25) is 0 Å². The predicted molar refractivity (Wildman–Crippen MR) is 111 cm³/mol. The van der Waals surface area contributed by atoms with Crippen LogP contribution in [0.3, 0.4) is 0 Å². The van der Waals surface area contributed by atoms with Crippen LogP contribution in [-0.2, 0) is 13.0 Å². The van der Waals surface area contributed by atoms with Gasteiger partial charge in [-0.2, -0.15) is 10.4 Å². The first-order valence-corrected chi connectivity index (χ1v) is 10.0. The Balaban J connectivity index is 1.42. The summed E-state index contributed by atoms with van der Waals surface area (Å²) in [5, 5.41) is 20.2. The van der Waals surface area contributed by atoms with Gasteiger partial charge in [-0.05, 0) is 17.7 Å². The van der Waals surface area contributed by atoms with E-state index in [1.807, 2.05) is 18.2 Å². The van der Waals surface area contributed by atoms with Gasteiger partial charge in [0.1, 0.15) is 5.82 Å². The molecule has 0 saturated carbocycles. The number of halogens is 1. The zero-order valence-corrected chi connectivity index (χ0v) is 16.4. The molecule has 1 aliphatic heterocycles. The maximum Gasteiger partial charge on any atom is 0.229 e. The summed E-state index contributed by atoms with van der Waals surface area (Å²) < 4.78 is 13.0. The topological polar surface area (TPSA) is 106 Å². The number of anilines is 3. The largest absolute Gasteiger partial charge is 0.352 e. The number of nitrogens with one attached hydrogen (secondary N) is 2. The Morgan fingerprint density at radius 1 is 1.27 bits per heavy atom. The fourth-order valence-corrected chi connectivity index (χ4v) is 4.38. The van der Waals surface area contributed by atoms with E-state index in [-0.39, 0.29) is 0 Å². The van der Waals surface area contributed by atoms with Gasteiger partial charge in [0.15, 0.2) is 10.9 Å². The molecular weight excluding hydrogens is 403 g/mol. The number of rotatable bonds is 4. The molecule has 148 valence electrons. The maximum absolute atomic E-state index is 13.0. The quantitative estimate of drug-likeness (QED) is 0.521. The van der Waals surface area contributed by atoms with Crippen molar-refractivity contribution < 1.29 is 4.39 Å². The van der Waals surface area contributed by atoms with E-state index in [0.29, 0.717) is 23.2 Å². The maximum atomic E-state index is 13.0. The molecular formula is C20H15FN8S. The van der Waals surface area contributed by atoms with E-state index >= 15 is 0 Å². The van der Waals surface area contributed by atoms with Gasteiger partial charge in [0.2, 0.25) is 5.95 Å². The molecule has 1 aromatic carbocycles. The molecule has 8 nitrogen and oxygen atoms in total. The Labute approximate surface area is 175 Å². The fraction of sp³-hybridized carbons (Fsp3) is 0.150. The van der Waals surface area contributed by atoms with E-state index in [0.717, 1.165) is 52.9 Å². The summed E-state index contributed by atoms with van der Waals surface area (Å²) in [6.07, 6.45) is 4.80. The van der Waals surface area contributed by atoms with Crippen LogP contribution in [0.4, 0.5) is 21.3 Å². The van der Waals surface area contributed by atoms with Crippen molar-refractivity contribution in [3.8, 4) is 17.3 Å². The number of H-pyrrole nitrogens is 1. The van der Waals surface area contributed by atoms with Crippen molar-refractivity contribution >= 4 is 28.2 Å². The zero-order valence-electron chi connectivity index (χ0n) is 15.6. The Bertz CT molecular complexity index is 1240. The van der Waals surface area contributed by atoms with Crippen molar-refractivity contribution in [1.29, 1.82) is 5.26 Å². The summed E-state index contributed by atoms with van der Waals surface area (Å²) in [6.45, 7) is 1.43. The van der Waals surface area contributed by atoms with Crippen LogP contribution < -0.4 is 10.2 Å². The number of thiazole rings is 1. The summed E-state index contributed by atoms with van der Waals surface area (Å²) >= 11 is 1.52. The van der Waals surface area contributed by atoms with E-state index in [4.69, 9.17) is 10.2 Å². The molecule has 0 bridgehead atoms. The lowest BCUT2D eigenvalue weighted by molar-refractivity contribution is 0.614. The number of nitriles is 1. The minimum absolute atomic E-state index is 0.298. The SMILES string of the molecule is N#Cc1cccc(CN2CCc3sc(Nc4ncc(F)cn4)nc3-c3cn[nH]c32)c1. The lowest BCUT2D eigenvalue weighted by Gasteiger charge is -2.22. The molecule has 1 aliphatic rings. The van der Waals surface area contributed by atoms with Crippen LogP contribution in [0, 0.1) is 17.1 Å². The van der Waals surface area contributed by atoms with Crippen LogP contribution in [0.5, 0.6) is 0 Å². The van der Waals surface area contributed by atoms with E-state index in [2.05, 4.69) is 36.5 Å². The second-order valence-electron chi connectivity index (χ2n) is 6.76. The van der Waals surface area contributed by atoms with Crippen molar-refractivity contribution in [2.24, 2.45) is 0 Å². The van der Waals surface area contributed by atoms with Gasteiger partial charge in [-0.25, -0.2) is 19.3 Å². The molecule has 10 heteroatoms. The smallest absolute Gasteiger partial charge is 0.229 e. The Kier molecular flexibility index (Phi) is 4.57. The second kappa shape index (κ2) is 7.53. The summed E-state index contributed by atoms with van der Waals surface area (Å²) in [4.78, 5) is 15.9. The molecule has 0 atom stereocenters. The van der Waals surface area contributed by atoms with Gasteiger partial charge in [0, 0.05) is 24.4 Å². The van der Waals surface area contributed by atoms with Gasteiger partial charge in [-0.3, -0.25) is 5.10 Å². The van der Waals surface area contributed by atoms with Crippen LogP contribution in [-0.4, -0.2) is 31.7 Å². The fourth-order valence-electron chi connectivity index (χ4n) is 3.42. The van der Waals surface area contributed by atoms with Crippen LogP contribution in [0.15, 0.2) is 42.9 Å². The molecule has 0 aliphatic carbocycles. The first-order valence-electron chi connectivity index (χ1n) is 9.21. The zero-order chi connectivity index (χ0) is 20.5. The molecule has 3 aromatic heterocycles. The van der Waals surface area contributed by atoms with Gasteiger partial charge in [0.05, 0.1) is 41.5 Å². The third-order valence-corrected chi connectivity index (χ3v) is 5.80. The van der Waals surface area contributed by atoms with Crippen molar-refractivity contribution in [1.82, 2.24) is 25.1 Å². The van der Waals surface area contributed by atoms with E-state index < -0.39 is 5.82 Å². The molecule has 0 saturated heterocycles. The summed E-state index contributed by atoms with van der Waals surface area (Å²) in [6, 6.07) is 9.80. The Morgan fingerprint density at radius 2 is 2.13 bits per heavy atom.